The Kier molecular flexibility index (Phi) is 5.99. The number of hydrogen-bond acceptors (Lipinski definition) is 4. The summed E-state index contributed by atoms with van der Waals surface area (Å²) < 4.78 is 5.59. The number of rotatable bonds is 7. The maximum atomic E-state index is 12.2. The summed E-state index contributed by atoms with van der Waals surface area (Å²) in [5.41, 5.74) is 1.21. The molecule has 4 nitrogen and oxygen atoms in total. The number of carbonyl (C=O) groups is 1. The molecule has 0 radical (unpaired) electrons. The normalized spacial score (nSPS) is 16.2. The van der Waals surface area contributed by atoms with Gasteiger partial charge >= 0.3 is 0 Å². The van der Waals surface area contributed by atoms with Crippen LogP contribution in [0.3, 0.4) is 0 Å². The molecule has 2 aromatic rings. The molecule has 24 heavy (non-hydrogen) atoms. The van der Waals surface area contributed by atoms with E-state index in [1.54, 1.807) is 18.0 Å². The second-order valence-corrected chi connectivity index (χ2v) is 7.15. The fourth-order valence-corrected chi connectivity index (χ4v) is 3.93. The molecule has 0 saturated carbocycles. The van der Waals surface area contributed by atoms with Crippen molar-refractivity contribution in [3.05, 3.63) is 54.0 Å². The van der Waals surface area contributed by atoms with Crippen molar-refractivity contribution >= 4 is 17.7 Å². The largest absolute Gasteiger partial charge is 0.468 e. The molecule has 1 amide bonds. The van der Waals surface area contributed by atoms with Gasteiger partial charge in [0.15, 0.2) is 0 Å². The number of benzene rings is 1. The van der Waals surface area contributed by atoms with E-state index < -0.39 is 0 Å². The molecule has 1 aliphatic heterocycles. The van der Waals surface area contributed by atoms with Crippen molar-refractivity contribution < 1.29 is 9.21 Å². The maximum absolute atomic E-state index is 12.2. The molecule has 0 bridgehead atoms. The van der Waals surface area contributed by atoms with Gasteiger partial charge in [-0.05, 0) is 56.6 Å². The third kappa shape index (κ3) is 4.42. The first-order chi connectivity index (χ1) is 11.7. The first-order valence-electron chi connectivity index (χ1n) is 8.46. The van der Waals surface area contributed by atoms with Crippen molar-refractivity contribution in [1.29, 1.82) is 0 Å². The van der Waals surface area contributed by atoms with Crippen LogP contribution in [0.15, 0.2) is 52.0 Å². The standard InChI is InChI=1S/C19H24N2O2S/c1-15-7-2-3-9-18(15)24-14-19(22)20-13-16(17-8-6-12-23-17)21-10-4-5-11-21/h2-3,6-9,12,16H,4-5,10-11,13-14H2,1H3,(H,20,22)/t16-/m0/s1. The van der Waals surface area contributed by atoms with Gasteiger partial charge in [0.2, 0.25) is 5.91 Å². The quantitative estimate of drug-likeness (QED) is 0.779. The Morgan fingerprint density at radius 2 is 2.04 bits per heavy atom. The zero-order valence-electron chi connectivity index (χ0n) is 14.0. The highest BCUT2D eigenvalue weighted by molar-refractivity contribution is 8.00. The number of hydrogen-bond donors (Lipinski definition) is 1. The van der Waals surface area contributed by atoms with Gasteiger partial charge in [0, 0.05) is 11.4 Å². The van der Waals surface area contributed by atoms with Gasteiger partial charge in [-0.25, -0.2) is 0 Å². The van der Waals surface area contributed by atoms with Crippen LogP contribution in [0.4, 0.5) is 0 Å². The van der Waals surface area contributed by atoms with Crippen molar-refractivity contribution in [2.75, 3.05) is 25.4 Å². The lowest BCUT2D eigenvalue weighted by atomic mass is 10.2. The molecular formula is C19H24N2O2S. The van der Waals surface area contributed by atoms with Crippen LogP contribution >= 0.6 is 11.8 Å². The molecule has 0 spiro atoms. The van der Waals surface area contributed by atoms with Crippen LogP contribution in [0.1, 0.15) is 30.2 Å². The second-order valence-electron chi connectivity index (χ2n) is 6.13. The minimum Gasteiger partial charge on any atom is -0.468 e. The minimum atomic E-state index is 0.0685. The van der Waals surface area contributed by atoms with E-state index in [9.17, 15) is 4.79 Å². The fourth-order valence-electron chi connectivity index (χ4n) is 3.07. The molecule has 5 heteroatoms. The first kappa shape index (κ1) is 17.1. The molecule has 1 aromatic carbocycles. The number of likely N-dealkylation sites (tertiary alicyclic amines) is 1. The molecule has 1 saturated heterocycles. The molecule has 1 atom stereocenters. The average Bonchev–Trinajstić information content (AvgIpc) is 3.28. The number of aryl methyl sites for hydroxylation is 1. The van der Waals surface area contributed by atoms with Gasteiger partial charge in [0.1, 0.15) is 5.76 Å². The topological polar surface area (TPSA) is 45.5 Å². The SMILES string of the molecule is Cc1ccccc1SCC(=O)NC[C@@H](c1ccco1)N1CCCC1. The highest BCUT2D eigenvalue weighted by atomic mass is 32.2. The lowest BCUT2D eigenvalue weighted by Gasteiger charge is -2.26. The predicted molar refractivity (Wildman–Crippen MR) is 97.2 cm³/mol. The molecule has 1 fully saturated rings. The Labute approximate surface area is 147 Å². The Balaban J connectivity index is 1.52. The van der Waals surface area contributed by atoms with E-state index in [2.05, 4.69) is 29.3 Å². The number of furan rings is 1. The fraction of sp³-hybridized carbons (Fsp3) is 0.421. The third-order valence-electron chi connectivity index (χ3n) is 4.40. The minimum absolute atomic E-state index is 0.0685. The van der Waals surface area contributed by atoms with E-state index in [0.29, 0.717) is 12.3 Å². The summed E-state index contributed by atoms with van der Waals surface area (Å²) in [5.74, 6) is 1.44. The molecule has 0 unspecified atom stereocenters. The van der Waals surface area contributed by atoms with E-state index in [-0.39, 0.29) is 11.9 Å². The van der Waals surface area contributed by atoms with Gasteiger partial charge in [-0.15, -0.1) is 11.8 Å². The van der Waals surface area contributed by atoms with Crippen LogP contribution in [-0.2, 0) is 4.79 Å². The van der Waals surface area contributed by atoms with Gasteiger partial charge in [-0.1, -0.05) is 18.2 Å². The van der Waals surface area contributed by atoms with Crippen LogP contribution < -0.4 is 5.32 Å². The van der Waals surface area contributed by atoms with E-state index in [1.807, 2.05) is 24.3 Å². The van der Waals surface area contributed by atoms with Gasteiger partial charge in [0.05, 0.1) is 18.1 Å². The molecule has 0 aliphatic carbocycles. The Morgan fingerprint density at radius 1 is 1.25 bits per heavy atom. The monoisotopic (exact) mass is 344 g/mol. The van der Waals surface area contributed by atoms with E-state index in [4.69, 9.17) is 4.42 Å². The highest BCUT2D eigenvalue weighted by Gasteiger charge is 2.25. The van der Waals surface area contributed by atoms with E-state index >= 15 is 0 Å². The Morgan fingerprint density at radius 3 is 2.75 bits per heavy atom. The molecular weight excluding hydrogens is 320 g/mol. The Bertz CT molecular complexity index is 651. The summed E-state index contributed by atoms with van der Waals surface area (Å²) >= 11 is 1.59. The summed E-state index contributed by atoms with van der Waals surface area (Å²) in [7, 11) is 0. The van der Waals surface area contributed by atoms with Crippen molar-refractivity contribution in [2.45, 2.75) is 30.7 Å². The zero-order chi connectivity index (χ0) is 16.8. The summed E-state index contributed by atoms with van der Waals surface area (Å²) in [5, 5.41) is 3.08. The second kappa shape index (κ2) is 8.40. The summed E-state index contributed by atoms with van der Waals surface area (Å²) in [6.45, 7) is 4.81. The van der Waals surface area contributed by atoms with Gasteiger partial charge < -0.3 is 9.73 Å². The van der Waals surface area contributed by atoms with Gasteiger partial charge in [-0.3, -0.25) is 9.69 Å². The predicted octanol–water partition coefficient (Wildman–Crippen LogP) is 3.63. The first-order valence-corrected chi connectivity index (χ1v) is 9.45. The number of nitrogens with one attached hydrogen (secondary N) is 1. The molecule has 1 N–H and O–H groups in total. The van der Waals surface area contributed by atoms with Crippen LogP contribution in [0.5, 0.6) is 0 Å². The molecule has 128 valence electrons. The highest BCUT2D eigenvalue weighted by Crippen LogP contribution is 2.25. The molecule has 1 aromatic heterocycles. The maximum Gasteiger partial charge on any atom is 0.230 e. The van der Waals surface area contributed by atoms with Crippen molar-refractivity contribution in [1.82, 2.24) is 10.2 Å². The molecule has 3 rings (SSSR count). The smallest absolute Gasteiger partial charge is 0.230 e. The van der Waals surface area contributed by atoms with Gasteiger partial charge in [0.25, 0.3) is 0 Å². The van der Waals surface area contributed by atoms with Crippen molar-refractivity contribution in [3.63, 3.8) is 0 Å². The van der Waals surface area contributed by atoms with E-state index in [0.717, 1.165) is 23.7 Å². The van der Waals surface area contributed by atoms with Crippen LogP contribution in [0.2, 0.25) is 0 Å². The lowest BCUT2D eigenvalue weighted by Crippen LogP contribution is -2.37. The number of thioether (sulfide) groups is 1. The number of carbonyl (C=O) groups excluding carboxylic acids is 1. The molecule has 2 heterocycles. The molecule has 1 aliphatic rings. The van der Waals surface area contributed by atoms with E-state index in [1.165, 1.54) is 18.4 Å². The average molecular weight is 344 g/mol. The summed E-state index contributed by atoms with van der Waals surface area (Å²) in [6.07, 6.45) is 4.14. The van der Waals surface area contributed by atoms with Gasteiger partial charge in [-0.2, -0.15) is 0 Å². The van der Waals surface area contributed by atoms with Crippen LogP contribution in [0.25, 0.3) is 0 Å². The lowest BCUT2D eigenvalue weighted by molar-refractivity contribution is -0.118. The Hall–Kier alpha value is -1.72. The summed E-state index contributed by atoms with van der Waals surface area (Å²) in [6, 6.07) is 12.2. The summed E-state index contributed by atoms with van der Waals surface area (Å²) in [4.78, 5) is 15.8. The van der Waals surface area contributed by atoms with Crippen LogP contribution in [-0.4, -0.2) is 36.2 Å². The number of nitrogens with zero attached hydrogens (tertiary/aromatic N) is 1. The zero-order valence-corrected chi connectivity index (χ0v) is 14.8. The van der Waals surface area contributed by atoms with Crippen molar-refractivity contribution in [3.8, 4) is 0 Å². The number of amides is 1. The van der Waals surface area contributed by atoms with Crippen LogP contribution in [0, 0.1) is 6.92 Å². The van der Waals surface area contributed by atoms with Crippen molar-refractivity contribution in [2.24, 2.45) is 0 Å². The third-order valence-corrected chi connectivity index (χ3v) is 5.57.